The van der Waals surface area contributed by atoms with Gasteiger partial charge in [0.25, 0.3) is 0 Å². The van der Waals surface area contributed by atoms with Crippen LogP contribution in [0.1, 0.15) is 25.1 Å². The zero-order chi connectivity index (χ0) is 10.6. The fourth-order valence-corrected chi connectivity index (χ4v) is 1.26. The number of hydrogen-bond acceptors (Lipinski definition) is 4. The van der Waals surface area contributed by atoms with Gasteiger partial charge in [-0.2, -0.15) is 4.37 Å². The summed E-state index contributed by atoms with van der Waals surface area (Å²) >= 11 is 1.27. The maximum Gasteiger partial charge on any atom is 0.226 e. The van der Waals surface area contributed by atoms with E-state index < -0.39 is 5.60 Å². The molecule has 1 atom stereocenters. The lowest BCUT2D eigenvalue weighted by atomic mass is 10.1. The summed E-state index contributed by atoms with van der Waals surface area (Å²) in [6.07, 6.45) is 0.607. The van der Waals surface area contributed by atoms with Crippen molar-refractivity contribution in [3.63, 3.8) is 0 Å². The van der Waals surface area contributed by atoms with Gasteiger partial charge in [-0.3, -0.25) is 0 Å². The standard InChI is InChI=1S/C10H13NO2S/c1-4-10(2,12)6-5-8-7-9(13-3)11-14-8/h7,12H,4H2,1-3H3. The van der Waals surface area contributed by atoms with Crippen molar-refractivity contribution in [2.45, 2.75) is 25.9 Å². The molecule has 0 fully saturated rings. The van der Waals surface area contributed by atoms with Gasteiger partial charge in [-0.1, -0.05) is 18.8 Å². The molecular formula is C10H13NO2S. The number of aromatic nitrogens is 1. The molecule has 76 valence electrons. The molecule has 1 unspecified atom stereocenters. The van der Waals surface area contributed by atoms with Gasteiger partial charge in [-0.15, -0.1) is 0 Å². The van der Waals surface area contributed by atoms with Crippen molar-refractivity contribution < 1.29 is 9.84 Å². The van der Waals surface area contributed by atoms with Crippen LogP contribution in [-0.2, 0) is 0 Å². The first-order valence-electron chi connectivity index (χ1n) is 4.33. The Morgan fingerprint density at radius 1 is 1.71 bits per heavy atom. The second-order valence-corrected chi connectivity index (χ2v) is 3.92. The summed E-state index contributed by atoms with van der Waals surface area (Å²) in [5.41, 5.74) is -0.919. The molecule has 0 aliphatic rings. The van der Waals surface area contributed by atoms with E-state index in [0.717, 1.165) is 4.88 Å². The van der Waals surface area contributed by atoms with Crippen LogP contribution >= 0.6 is 11.5 Å². The van der Waals surface area contributed by atoms with Crippen molar-refractivity contribution in [2.24, 2.45) is 0 Å². The summed E-state index contributed by atoms with van der Waals surface area (Å²) in [4.78, 5) is 0.801. The Morgan fingerprint density at radius 3 is 2.93 bits per heavy atom. The molecule has 0 saturated heterocycles. The van der Waals surface area contributed by atoms with Crippen molar-refractivity contribution in [3.05, 3.63) is 10.9 Å². The van der Waals surface area contributed by atoms with Gasteiger partial charge in [0, 0.05) is 6.07 Å². The summed E-state index contributed by atoms with van der Waals surface area (Å²) in [5, 5.41) is 9.63. The molecule has 0 aromatic carbocycles. The highest BCUT2D eigenvalue weighted by Crippen LogP contribution is 2.15. The number of ether oxygens (including phenoxy) is 1. The Morgan fingerprint density at radius 2 is 2.43 bits per heavy atom. The van der Waals surface area contributed by atoms with Gasteiger partial charge in [-0.05, 0) is 24.9 Å². The smallest absolute Gasteiger partial charge is 0.226 e. The Balaban J connectivity index is 2.77. The molecule has 1 aromatic rings. The predicted molar refractivity (Wildman–Crippen MR) is 56.5 cm³/mol. The molecule has 1 N–H and O–H groups in total. The van der Waals surface area contributed by atoms with E-state index in [9.17, 15) is 5.11 Å². The van der Waals surface area contributed by atoms with Crippen LogP contribution in [0.5, 0.6) is 5.88 Å². The number of aliphatic hydroxyl groups is 1. The average Bonchev–Trinajstić information content (AvgIpc) is 2.63. The van der Waals surface area contributed by atoms with Crippen molar-refractivity contribution in [2.75, 3.05) is 7.11 Å². The summed E-state index contributed by atoms with van der Waals surface area (Å²) < 4.78 is 8.92. The number of hydrogen-bond donors (Lipinski definition) is 1. The van der Waals surface area contributed by atoms with Crippen LogP contribution in [0.4, 0.5) is 0 Å². The molecule has 0 bridgehead atoms. The average molecular weight is 211 g/mol. The van der Waals surface area contributed by atoms with Crippen molar-refractivity contribution >= 4 is 11.5 Å². The molecule has 0 amide bonds. The van der Waals surface area contributed by atoms with E-state index in [4.69, 9.17) is 4.74 Å². The molecule has 1 heterocycles. The van der Waals surface area contributed by atoms with Crippen LogP contribution in [0, 0.1) is 11.8 Å². The maximum absolute atomic E-state index is 9.63. The molecule has 0 radical (unpaired) electrons. The molecule has 0 aliphatic carbocycles. The normalized spacial score (nSPS) is 14.0. The van der Waals surface area contributed by atoms with Crippen LogP contribution in [0.2, 0.25) is 0 Å². The van der Waals surface area contributed by atoms with Crippen LogP contribution in [0.25, 0.3) is 0 Å². The minimum absolute atomic E-state index is 0.565. The van der Waals surface area contributed by atoms with E-state index in [0.29, 0.717) is 12.3 Å². The van der Waals surface area contributed by atoms with Crippen LogP contribution in [0.3, 0.4) is 0 Å². The molecule has 4 heteroatoms. The first-order valence-corrected chi connectivity index (χ1v) is 5.11. The lowest BCUT2D eigenvalue weighted by Crippen LogP contribution is -2.19. The summed E-state index contributed by atoms with van der Waals surface area (Å²) in [6.45, 7) is 3.58. The van der Waals surface area contributed by atoms with Gasteiger partial charge in [0.1, 0.15) is 10.5 Å². The molecule has 0 saturated carbocycles. The zero-order valence-corrected chi connectivity index (χ0v) is 9.31. The lowest BCUT2D eigenvalue weighted by molar-refractivity contribution is 0.118. The Kier molecular flexibility index (Phi) is 3.50. The number of nitrogens with zero attached hydrogens (tertiary/aromatic N) is 1. The van der Waals surface area contributed by atoms with E-state index in [1.165, 1.54) is 11.5 Å². The maximum atomic E-state index is 9.63. The highest BCUT2D eigenvalue weighted by molar-refractivity contribution is 7.06. The topological polar surface area (TPSA) is 42.4 Å². The first kappa shape index (κ1) is 11.0. The Bertz CT molecular complexity index is 360. The van der Waals surface area contributed by atoms with Crippen molar-refractivity contribution in [3.8, 4) is 17.7 Å². The fraction of sp³-hybridized carbons (Fsp3) is 0.500. The van der Waals surface area contributed by atoms with E-state index in [1.54, 1.807) is 20.1 Å². The van der Waals surface area contributed by atoms with Gasteiger partial charge in [0.05, 0.1) is 7.11 Å². The van der Waals surface area contributed by atoms with Crippen molar-refractivity contribution in [1.29, 1.82) is 0 Å². The highest BCUT2D eigenvalue weighted by atomic mass is 32.1. The largest absolute Gasteiger partial charge is 0.480 e. The van der Waals surface area contributed by atoms with Gasteiger partial charge in [-0.25, -0.2) is 0 Å². The van der Waals surface area contributed by atoms with Gasteiger partial charge >= 0.3 is 0 Å². The fourth-order valence-electron chi connectivity index (χ4n) is 0.699. The summed E-state index contributed by atoms with van der Waals surface area (Å²) in [6, 6.07) is 1.75. The Hall–Kier alpha value is -1.05. The molecule has 1 rings (SSSR count). The third-order valence-corrected chi connectivity index (χ3v) is 2.53. The molecule has 3 nitrogen and oxygen atoms in total. The molecule has 1 aromatic heterocycles. The van der Waals surface area contributed by atoms with E-state index in [-0.39, 0.29) is 0 Å². The van der Waals surface area contributed by atoms with Crippen LogP contribution in [0.15, 0.2) is 6.07 Å². The first-order chi connectivity index (χ1) is 6.57. The minimum Gasteiger partial charge on any atom is -0.480 e. The monoisotopic (exact) mass is 211 g/mol. The molecule has 14 heavy (non-hydrogen) atoms. The molecule has 0 spiro atoms. The lowest BCUT2D eigenvalue weighted by Gasteiger charge is -2.11. The van der Waals surface area contributed by atoms with E-state index in [1.807, 2.05) is 6.92 Å². The summed E-state index contributed by atoms with van der Waals surface area (Å²) in [5.74, 6) is 6.21. The number of rotatable bonds is 2. The van der Waals surface area contributed by atoms with Crippen LogP contribution in [-0.4, -0.2) is 22.2 Å². The highest BCUT2D eigenvalue weighted by Gasteiger charge is 2.12. The summed E-state index contributed by atoms with van der Waals surface area (Å²) in [7, 11) is 1.56. The zero-order valence-electron chi connectivity index (χ0n) is 8.50. The van der Waals surface area contributed by atoms with E-state index >= 15 is 0 Å². The molecular weight excluding hydrogens is 198 g/mol. The SMILES string of the molecule is CCC(C)(O)C#Cc1cc(OC)ns1. The number of methoxy groups -OCH3 is 1. The third kappa shape index (κ3) is 3.02. The van der Waals surface area contributed by atoms with Gasteiger partial charge in [0.2, 0.25) is 5.88 Å². The van der Waals surface area contributed by atoms with E-state index in [2.05, 4.69) is 16.2 Å². The molecule has 0 aliphatic heterocycles. The quantitative estimate of drug-likeness (QED) is 0.756. The van der Waals surface area contributed by atoms with Gasteiger partial charge in [0.15, 0.2) is 0 Å². The Labute approximate surface area is 87.9 Å². The minimum atomic E-state index is -0.919. The predicted octanol–water partition coefficient (Wildman–Crippen LogP) is 1.66. The second kappa shape index (κ2) is 4.45. The third-order valence-electron chi connectivity index (χ3n) is 1.84. The van der Waals surface area contributed by atoms with Crippen molar-refractivity contribution in [1.82, 2.24) is 4.37 Å². The second-order valence-electron chi connectivity index (χ2n) is 3.11. The van der Waals surface area contributed by atoms with Gasteiger partial charge < -0.3 is 9.84 Å². The van der Waals surface area contributed by atoms with Crippen LogP contribution < -0.4 is 4.74 Å².